The lowest BCUT2D eigenvalue weighted by atomic mass is 9.92. The monoisotopic (exact) mass is 310 g/mol. The third-order valence-corrected chi connectivity index (χ3v) is 4.38. The second kappa shape index (κ2) is 10.9. The number of nitrogens with one attached hydrogen (secondary N) is 2. The smallest absolute Gasteiger partial charge is 0.190 e. The van der Waals surface area contributed by atoms with Crippen LogP contribution < -0.4 is 10.6 Å². The van der Waals surface area contributed by atoms with Gasteiger partial charge < -0.3 is 15.5 Å². The first-order chi connectivity index (χ1) is 10.5. The summed E-state index contributed by atoms with van der Waals surface area (Å²) in [5.41, 5.74) is 0. The Hall–Kier alpha value is -0.770. The van der Waals surface area contributed by atoms with Gasteiger partial charge in [-0.3, -0.25) is 4.99 Å². The van der Waals surface area contributed by atoms with Crippen molar-refractivity contribution in [2.75, 3.05) is 39.8 Å². The number of nitrogens with zero attached hydrogens (tertiary/aromatic N) is 2. The molecule has 0 bridgehead atoms. The number of rotatable bonds is 8. The minimum Gasteiger partial charge on any atom is -0.356 e. The molecular weight excluding hydrogens is 272 g/mol. The maximum Gasteiger partial charge on any atom is 0.190 e. The molecule has 1 saturated heterocycles. The Balaban J connectivity index is 2.06. The van der Waals surface area contributed by atoms with Crippen molar-refractivity contribution < 1.29 is 0 Å². The van der Waals surface area contributed by atoms with E-state index in [-0.39, 0.29) is 0 Å². The minimum absolute atomic E-state index is 0.736. The van der Waals surface area contributed by atoms with Crippen LogP contribution in [0.25, 0.3) is 0 Å². The summed E-state index contributed by atoms with van der Waals surface area (Å²) < 4.78 is 0. The fourth-order valence-corrected chi connectivity index (χ4v) is 3.34. The molecule has 0 aromatic heterocycles. The van der Waals surface area contributed by atoms with Gasteiger partial charge in [-0.1, -0.05) is 27.7 Å². The summed E-state index contributed by atoms with van der Waals surface area (Å²) in [6, 6.07) is 0. The first-order valence-corrected chi connectivity index (χ1v) is 9.18. The molecule has 0 radical (unpaired) electrons. The first-order valence-electron chi connectivity index (χ1n) is 9.18. The van der Waals surface area contributed by atoms with Gasteiger partial charge in [0.2, 0.25) is 0 Å². The summed E-state index contributed by atoms with van der Waals surface area (Å²) >= 11 is 0. The molecule has 1 heterocycles. The van der Waals surface area contributed by atoms with Gasteiger partial charge in [0.05, 0.1) is 0 Å². The van der Waals surface area contributed by atoms with Gasteiger partial charge in [-0.05, 0) is 50.0 Å². The van der Waals surface area contributed by atoms with Crippen LogP contribution in [-0.2, 0) is 0 Å². The van der Waals surface area contributed by atoms with Crippen LogP contribution in [0.15, 0.2) is 4.99 Å². The van der Waals surface area contributed by atoms with Gasteiger partial charge >= 0.3 is 0 Å². The minimum atomic E-state index is 0.736. The summed E-state index contributed by atoms with van der Waals surface area (Å²) in [4.78, 5) is 6.92. The quantitative estimate of drug-likeness (QED) is 0.411. The number of unbranched alkanes of at least 4 members (excludes halogenated alkanes) is 1. The van der Waals surface area contributed by atoms with E-state index in [0.717, 1.165) is 36.8 Å². The van der Waals surface area contributed by atoms with Crippen LogP contribution in [0.5, 0.6) is 0 Å². The number of guanidine groups is 1. The number of aliphatic imine (C=N–C) groups is 1. The molecule has 22 heavy (non-hydrogen) atoms. The van der Waals surface area contributed by atoms with Crippen LogP contribution in [0.3, 0.4) is 0 Å². The zero-order chi connectivity index (χ0) is 16.4. The molecule has 1 fully saturated rings. The molecule has 0 aromatic carbocycles. The van der Waals surface area contributed by atoms with Gasteiger partial charge in [-0.25, -0.2) is 0 Å². The van der Waals surface area contributed by atoms with Crippen molar-refractivity contribution in [1.82, 2.24) is 15.5 Å². The van der Waals surface area contributed by atoms with E-state index in [1.165, 1.54) is 45.3 Å². The van der Waals surface area contributed by atoms with Crippen molar-refractivity contribution in [3.05, 3.63) is 0 Å². The average Bonchev–Trinajstić information content (AvgIpc) is 2.43. The second-order valence-electron chi connectivity index (χ2n) is 7.52. The van der Waals surface area contributed by atoms with Gasteiger partial charge in [0, 0.05) is 33.2 Å². The average molecular weight is 311 g/mol. The highest BCUT2D eigenvalue weighted by Gasteiger charge is 2.20. The highest BCUT2D eigenvalue weighted by atomic mass is 15.2. The van der Waals surface area contributed by atoms with E-state index in [0.29, 0.717) is 0 Å². The van der Waals surface area contributed by atoms with Crippen LogP contribution in [0.2, 0.25) is 0 Å². The van der Waals surface area contributed by atoms with Gasteiger partial charge in [0.1, 0.15) is 0 Å². The Morgan fingerprint density at radius 3 is 2.32 bits per heavy atom. The van der Waals surface area contributed by atoms with Crippen LogP contribution >= 0.6 is 0 Å². The molecule has 0 aromatic rings. The summed E-state index contributed by atoms with van der Waals surface area (Å²) in [7, 11) is 1.85. The maximum absolute atomic E-state index is 4.28. The fourth-order valence-electron chi connectivity index (χ4n) is 3.34. The number of hydrogen-bond donors (Lipinski definition) is 2. The summed E-state index contributed by atoms with van der Waals surface area (Å²) in [5, 5.41) is 6.80. The van der Waals surface area contributed by atoms with Crippen molar-refractivity contribution in [2.24, 2.45) is 22.7 Å². The van der Waals surface area contributed by atoms with E-state index in [2.05, 4.69) is 48.2 Å². The lowest BCUT2D eigenvalue weighted by Gasteiger charge is -2.34. The SMILES string of the molecule is CN=C(NCCCCN1CC(C)CC(C)C1)NCCC(C)C. The largest absolute Gasteiger partial charge is 0.356 e. The lowest BCUT2D eigenvalue weighted by molar-refractivity contribution is 0.139. The van der Waals surface area contributed by atoms with Gasteiger partial charge in [0.15, 0.2) is 5.96 Å². The Labute approximate surface area is 138 Å². The zero-order valence-electron chi connectivity index (χ0n) is 15.5. The zero-order valence-corrected chi connectivity index (χ0v) is 15.5. The Bertz CT molecular complexity index is 304. The van der Waals surface area contributed by atoms with Crippen molar-refractivity contribution in [3.8, 4) is 0 Å². The van der Waals surface area contributed by atoms with Crippen molar-refractivity contribution in [1.29, 1.82) is 0 Å². The van der Waals surface area contributed by atoms with E-state index < -0.39 is 0 Å². The van der Waals surface area contributed by atoms with Gasteiger partial charge in [-0.2, -0.15) is 0 Å². The molecule has 0 aliphatic carbocycles. The maximum atomic E-state index is 4.28. The number of likely N-dealkylation sites (tertiary alicyclic amines) is 1. The lowest BCUT2D eigenvalue weighted by Crippen LogP contribution is -2.40. The van der Waals surface area contributed by atoms with Crippen LogP contribution in [0.1, 0.15) is 53.4 Å². The van der Waals surface area contributed by atoms with E-state index in [4.69, 9.17) is 0 Å². The predicted octanol–water partition coefficient (Wildman–Crippen LogP) is 2.96. The predicted molar refractivity (Wildman–Crippen MR) is 97.4 cm³/mol. The molecular formula is C18H38N4. The number of hydrogen-bond acceptors (Lipinski definition) is 2. The fraction of sp³-hybridized carbons (Fsp3) is 0.944. The van der Waals surface area contributed by atoms with E-state index >= 15 is 0 Å². The number of piperidine rings is 1. The van der Waals surface area contributed by atoms with E-state index in [1.54, 1.807) is 0 Å². The van der Waals surface area contributed by atoms with E-state index in [9.17, 15) is 0 Å². The second-order valence-corrected chi connectivity index (χ2v) is 7.52. The normalized spacial score (nSPS) is 23.8. The van der Waals surface area contributed by atoms with Crippen molar-refractivity contribution in [2.45, 2.75) is 53.4 Å². The highest BCUT2D eigenvalue weighted by molar-refractivity contribution is 5.79. The van der Waals surface area contributed by atoms with Crippen LogP contribution in [-0.4, -0.2) is 50.6 Å². The molecule has 1 aliphatic rings. The summed E-state index contributed by atoms with van der Waals surface area (Å²) in [6.07, 6.45) is 5.07. The van der Waals surface area contributed by atoms with Gasteiger partial charge in [-0.15, -0.1) is 0 Å². The topological polar surface area (TPSA) is 39.7 Å². The standard InChI is InChI=1S/C18H38N4/c1-15(2)8-10-21-18(19-5)20-9-6-7-11-22-13-16(3)12-17(4)14-22/h15-17H,6-14H2,1-5H3,(H2,19,20,21). The molecule has 0 saturated carbocycles. The molecule has 130 valence electrons. The van der Waals surface area contributed by atoms with Crippen molar-refractivity contribution >= 4 is 5.96 Å². The first kappa shape index (κ1) is 19.3. The van der Waals surface area contributed by atoms with Crippen LogP contribution in [0.4, 0.5) is 0 Å². The molecule has 0 amide bonds. The molecule has 4 nitrogen and oxygen atoms in total. The Morgan fingerprint density at radius 2 is 1.73 bits per heavy atom. The third kappa shape index (κ3) is 8.62. The van der Waals surface area contributed by atoms with Crippen molar-refractivity contribution in [3.63, 3.8) is 0 Å². The molecule has 2 unspecified atom stereocenters. The highest BCUT2D eigenvalue weighted by Crippen LogP contribution is 2.20. The Morgan fingerprint density at radius 1 is 1.09 bits per heavy atom. The van der Waals surface area contributed by atoms with Crippen LogP contribution in [0, 0.1) is 17.8 Å². The molecule has 4 heteroatoms. The van der Waals surface area contributed by atoms with Gasteiger partial charge in [0.25, 0.3) is 0 Å². The molecule has 1 aliphatic heterocycles. The molecule has 2 atom stereocenters. The molecule has 0 spiro atoms. The molecule has 2 N–H and O–H groups in total. The Kier molecular flexibility index (Phi) is 9.53. The summed E-state index contributed by atoms with van der Waals surface area (Å²) in [5.74, 6) is 3.41. The summed E-state index contributed by atoms with van der Waals surface area (Å²) in [6.45, 7) is 15.1. The third-order valence-electron chi connectivity index (χ3n) is 4.38. The molecule has 1 rings (SSSR count). The van der Waals surface area contributed by atoms with E-state index in [1.807, 2.05) is 7.05 Å².